The van der Waals surface area contributed by atoms with Gasteiger partial charge in [0, 0.05) is 11.2 Å². The number of rotatable bonds is 10. The first kappa shape index (κ1) is 30.2. The number of hydrogen-bond acceptors (Lipinski definition) is 9. The summed E-state index contributed by atoms with van der Waals surface area (Å²) < 4.78 is 116. The Hall–Kier alpha value is -2.98. The van der Waals surface area contributed by atoms with Gasteiger partial charge in [0.05, 0.1) is 29.7 Å². The van der Waals surface area contributed by atoms with Crippen molar-refractivity contribution in [3.8, 4) is 5.75 Å². The minimum Gasteiger partial charge on any atom is -0.475 e. The first-order valence-electron chi connectivity index (χ1n) is 9.34. The molecule has 1 atom stereocenters. The van der Waals surface area contributed by atoms with E-state index < -0.39 is 87.3 Å². The number of fused-ring (bicyclic) bond motifs is 1. The smallest absolute Gasteiger partial charge is 0.430 e. The molecule has 0 bridgehead atoms. The van der Waals surface area contributed by atoms with Gasteiger partial charge in [-0.15, -0.1) is 5.01 Å². The van der Waals surface area contributed by atoms with E-state index in [9.17, 15) is 57.6 Å². The Labute approximate surface area is 200 Å². The van der Waals surface area contributed by atoms with Crippen molar-refractivity contribution in [2.75, 3.05) is 27.0 Å². The zero-order valence-corrected chi connectivity index (χ0v) is 18.9. The molecule has 0 spiro atoms. The first-order chi connectivity index (χ1) is 16.5. The number of likely N-dealkylation sites (N-methyl/N-ethyl adjacent to an activating group) is 1. The monoisotopic (exact) mass is 580 g/mol. The first-order valence-corrected chi connectivity index (χ1v) is 11.3. The van der Waals surface area contributed by atoms with E-state index in [1.807, 2.05) is 0 Å². The number of halogens is 8. The van der Waals surface area contributed by atoms with Crippen LogP contribution in [-0.4, -0.2) is 75.7 Å². The summed E-state index contributed by atoms with van der Waals surface area (Å²) in [5.74, 6) is -7.85. The number of benzene rings is 1. The summed E-state index contributed by atoms with van der Waals surface area (Å²) in [4.78, 5) is 25.0. The van der Waals surface area contributed by atoms with Crippen LogP contribution in [0.2, 0.25) is 0 Å². The van der Waals surface area contributed by atoms with Crippen LogP contribution in [0.25, 0.3) is 6.08 Å². The number of hydrogen-bond donors (Lipinski definition) is 5. The Morgan fingerprint density at radius 2 is 1.78 bits per heavy atom. The molecule has 0 saturated heterocycles. The number of aliphatic hydroxyl groups excluding tert-OH is 1. The molecule has 1 aliphatic heterocycles. The third kappa shape index (κ3) is 7.52. The summed E-state index contributed by atoms with van der Waals surface area (Å²) in [5.41, 5.74) is -3.26. The summed E-state index contributed by atoms with van der Waals surface area (Å²) in [6.45, 7) is -1.94. The lowest BCUT2D eigenvalue weighted by molar-refractivity contribution is -0.785. The molecule has 0 aromatic heterocycles. The van der Waals surface area contributed by atoms with Gasteiger partial charge in [-0.05, 0) is 18.2 Å². The standard InChI is InChI=1S/C16H18F8N3O9S/c1-26(2-3-28)27(33)25-35-7-34-14(29)10-5-8-4-9(37(20,21,22,23)24)6-11(16(30,31)32)12(8)36-13(10)15(17,18)19/h4-6,13,28,30-32H,2-3,7H2,1H3,(H,25,33)/q+1/t13-/m0/s1. The SMILES string of the molecule is CN(CCO)[N+](=O)NOCOC(=O)C1=Cc2cc(S(F)(F)(F)(F)F)cc(C(O)(O)O)c2O[C@@H]1C(F)(F)F. The number of nitroso groups, excluding NO2 is 1. The molecule has 37 heavy (non-hydrogen) atoms. The van der Waals surface area contributed by atoms with Crippen molar-refractivity contribution in [3.05, 3.63) is 33.7 Å². The van der Waals surface area contributed by atoms with Crippen LogP contribution in [0.5, 0.6) is 5.75 Å². The predicted octanol–water partition coefficient (Wildman–Crippen LogP) is 1.69. The van der Waals surface area contributed by atoms with E-state index in [0.29, 0.717) is 0 Å². The van der Waals surface area contributed by atoms with Gasteiger partial charge in [-0.2, -0.15) is 18.0 Å². The molecule has 0 aliphatic carbocycles. The van der Waals surface area contributed by atoms with Crippen molar-refractivity contribution in [3.63, 3.8) is 0 Å². The van der Waals surface area contributed by atoms with Crippen molar-refractivity contribution >= 4 is 22.3 Å². The summed E-state index contributed by atoms with van der Waals surface area (Å²) in [7, 11) is -9.46. The minimum atomic E-state index is -10.6. The van der Waals surface area contributed by atoms with Crippen LogP contribution in [0.15, 0.2) is 22.6 Å². The Morgan fingerprint density at radius 3 is 2.27 bits per heavy atom. The largest absolute Gasteiger partial charge is 0.475 e. The molecule has 21 heteroatoms. The maximum absolute atomic E-state index is 13.5. The number of carbonyl (C=O) groups excluding carboxylic acids is 1. The topological polar surface area (TPSA) is 161 Å². The van der Waals surface area contributed by atoms with E-state index in [2.05, 4.69) is 14.3 Å². The summed E-state index contributed by atoms with van der Waals surface area (Å²) in [6.07, 6.45) is -8.87. The van der Waals surface area contributed by atoms with Crippen molar-refractivity contribution in [2.45, 2.75) is 23.1 Å². The number of hydrazine groups is 2. The van der Waals surface area contributed by atoms with Gasteiger partial charge in [0.25, 0.3) is 4.98 Å². The Kier molecular flexibility index (Phi) is 7.43. The number of carbonyl (C=O) groups is 1. The highest BCUT2D eigenvalue weighted by Gasteiger charge is 2.66. The van der Waals surface area contributed by atoms with Gasteiger partial charge in [0.15, 0.2) is 0 Å². The highest BCUT2D eigenvalue weighted by molar-refractivity contribution is 8.45. The number of nitrogens with zero attached hydrogens (tertiary/aromatic N) is 2. The fourth-order valence-electron chi connectivity index (χ4n) is 2.72. The number of alkyl halides is 3. The highest BCUT2D eigenvalue weighted by Crippen LogP contribution is 3.02. The molecule has 0 saturated carbocycles. The second kappa shape index (κ2) is 9.09. The molecule has 1 aromatic carbocycles. The fraction of sp³-hybridized carbons (Fsp3) is 0.438. The van der Waals surface area contributed by atoms with Crippen LogP contribution in [0.1, 0.15) is 11.1 Å². The number of esters is 1. The average molecular weight is 580 g/mol. The normalized spacial score (nSPS) is 18.0. The zero-order valence-electron chi connectivity index (χ0n) is 18.1. The van der Waals surface area contributed by atoms with Gasteiger partial charge < -0.3 is 29.9 Å². The van der Waals surface area contributed by atoms with Crippen LogP contribution in [0.4, 0.5) is 32.6 Å². The second-order valence-corrected chi connectivity index (χ2v) is 9.71. The van der Waals surface area contributed by atoms with Crippen LogP contribution < -0.4 is 10.3 Å². The van der Waals surface area contributed by atoms with E-state index in [0.717, 1.165) is 12.1 Å². The van der Waals surface area contributed by atoms with Crippen molar-refractivity contribution in [1.29, 1.82) is 0 Å². The van der Waals surface area contributed by atoms with E-state index in [1.165, 1.54) is 0 Å². The van der Waals surface area contributed by atoms with Gasteiger partial charge >= 0.3 is 28.3 Å². The molecule has 0 fully saturated rings. The van der Waals surface area contributed by atoms with Gasteiger partial charge in [0.2, 0.25) is 12.9 Å². The van der Waals surface area contributed by atoms with Crippen LogP contribution in [0.3, 0.4) is 0 Å². The van der Waals surface area contributed by atoms with Crippen molar-refractivity contribution < 1.29 is 77.1 Å². The number of nitrogens with one attached hydrogen (secondary N) is 1. The fourth-order valence-corrected chi connectivity index (χ4v) is 3.41. The summed E-state index contributed by atoms with van der Waals surface area (Å²) >= 11 is 0. The molecular formula is C16H18F8N3O9S+. The van der Waals surface area contributed by atoms with E-state index in [4.69, 9.17) is 5.11 Å². The van der Waals surface area contributed by atoms with Crippen molar-refractivity contribution in [2.24, 2.45) is 0 Å². The Morgan fingerprint density at radius 1 is 1.19 bits per heavy atom. The molecule has 0 unspecified atom stereocenters. The average Bonchev–Trinajstić information content (AvgIpc) is 2.71. The molecule has 12 nitrogen and oxygen atoms in total. The molecule has 1 aromatic rings. The molecule has 0 radical (unpaired) electrons. The Balaban J connectivity index is 2.47. The lowest BCUT2D eigenvalue weighted by atomic mass is 9.98. The third-order valence-electron chi connectivity index (χ3n) is 4.39. The lowest BCUT2D eigenvalue weighted by Gasteiger charge is -2.41. The van der Waals surface area contributed by atoms with E-state index in [-0.39, 0.29) is 17.6 Å². The van der Waals surface area contributed by atoms with Gasteiger partial charge in [-0.25, -0.2) is 4.79 Å². The molecule has 5 N–H and O–H groups in total. The highest BCUT2D eigenvalue weighted by atomic mass is 32.5. The molecule has 0 amide bonds. The third-order valence-corrected chi connectivity index (χ3v) is 5.51. The van der Waals surface area contributed by atoms with Gasteiger partial charge in [0.1, 0.15) is 17.2 Å². The van der Waals surface area contributed by atoms with Crippen LogP contribution in [0, 0.1) is 4.91 Å². The zero-order chi connectivity index (χ0) is 28.7. The maximum Gasteiger partial charge on any atom is 0.430 e. The van der Waals surface area contributed by atoms with Crippen LogP contribution >= 0.6 is 10.2 Å². The predicted molar refractivity (Wildman–Crippen MR) is 103 cm³/mol. The van der Waals surface area contributed by atoms with Crippen LogP contribution in [-0.2, 0) is 20.3 Å². The van der Waals surface area contributed by atoms with Gasteiger partial charge in [-0.1, -0.05) is 19.4 Å². The molecule has 212 valence electrons. The summed E-state index contributed by atoms with van der Waals surface area (Å²) in [5, 5.41) is 37.4. The van der Waals surface area contributed by atoms with E-state index in [1.54, 1.807) is 5.59 Å². The van der Waals surface area contributed by atoms with E-state index >= 15 is 0 Å². The quantitative estimate of drug-likeness (QED) is 0.0684. The van der Waals surface area contributed by atoms with Crippen molar-refractivity contribution in [1.82, 2.24) is 10.6 Å². The summed E-state index contributed by atoms with van der Waals surface area (Å²) in [6, 6.07) is -1.15. The van der Waals surface area contributed by atoms with Gasteiger partial charge in [-0.3, -0.25) is 0 Å². The molecule has 2 rings (SSSR count). The number of aliphatic hydroxyl groups is 4. The minimum absolute atomic E-state index is 0.01000. The maximum atomic E-state index is 13.5. The lowest BCUT2D eigenvalue weighted by Crippen LogP contribution is -2.43. The molecule has 1 heterocycles. The second-order valence-electron chi connectivity index (χ2n) is 7.30. The number of ether oxygens (including phenoxy) is 2. The Bertz CT molecular complexity index is 1110. The molecule has 1 aliphatic rings. The molecular weight excluding hydrogens is 562 g/mol.